The van der Waals surface area contributed by atoms with Crippen LogP contribution in [-0.4, -0.2) is 21.6 Å². The highest BCUT2D eigenvalue weighted by molar-refractivity contribution is 8.00. The third-order valence-electron chi connectivity index (χ3n) is 4.34. The molecule has 0 fully saturated rings. The van der Waals surface area contributed by atoms with Crippen molar-refractivity contribution in [1.29, 1.82) is 0 Å². The third-order valence-corrected chi connectivity index (χ3v) is 6.21. The lowest BCUT2D eigenvalue weighted by Crippen LogP contribution is -2.18. The quantitative estimate of drug-likeness (QED) is 0.216. The molecule has 0 unspecified atom stereocenters. The van der Waals surface area contributed by atoms with Gasteiger partial charge in [0.1, 0.15) is 22.0 Å². The summed E-state index contributed by atoms with van der Waals surface area (Å²) in [6.07, 6.45) is -3.21. The zero-order valence-corrected chi connectivity index (χ0v) is 17.2. The molecule has 2 heterocycles. The second kappa shape index (κ2) is 8.64. The van der Waals surface area contributed by atoms with Gasteiger partial charge in [0.25, 0.3) is 0 Å². The van der Waals surface area contributed by atoms with Crippen molar-refractivity contribution in [2.45, 2.75) is 11.2 Å². The second-order valence-electron chi connectivity index (χ2n) is 6.40. The third kappa shape index (κ3) is 4.70. The Morgan fingerprint density at radius 2 is 1.81 bits per heavy atom. The zero-order chi connectivity index (χ0) is 22.0. The lowest BCUT2D eigenvalue weighted by atomic mass is 10.1. The van der Waals surface area contributed by atoms with Gasteiger partial charge < -0.3 is 5.32 Å². The Morgan fingerprint density at radius 3 is 2.55 bits per heavy atom. The average molecular weight is 463 g/mol. The highest BCUT2D eigenvalue weighted by atomic mass is 32.2. The van der Waals surface area contributed by atoms with Crippen molar-refractivity contribution in [2.75, 3.05) is 11.1 Å². The fourth-order valence-electron chi connectivity index (χ4n) is 2.96. The minimum absolute atomic E-state index is 0.142. The van der Waals surface area contributed by atoms with Crippen molar-refractivity contribution in [2.24, 2.45) is 0 Å². The molecule has 158 valence electrons. The number of aromatic nitrogens is 2. The van der Waals surface area contributed by atoms with Crippen LogP contribution in [-0.2, 0) is 11.0 Å². The van der Waals surface area contributed by atoms with E-state index in [2.05, 4.69) is 15.3 Å². The number of para-hydroxylation sites is 1. The van der Waals surface area contributed by atoms with Crippen LogP contribution < -0.4 is 5.32 Å². The molecular formula is C21H13F4N3OS2. The molecule has 0 spiro atoms. The molecule has 0 aliphatic heterocycles. The number of fused-ring (bicyclic) bond motifs is 1. The molecule has 10 heteroatoms. The maximum absolute atomic E-state index is 13.3. The molecule has 4 nitrogen and oxygen atoms in total. The lowest BCUT2D eigenvalue weighted by Gasteiger charge is -2.13. The first-order valence-corrected chi connectivity index (χ1v) is 10.8. The number of benzene rings is 2. The van der Waals surface area contributed by atoms with Gasteiger partial charge in [0.2, 0.25) is 5.91 Å². The number of thioether (sulfide) groups is 1. The van der Waals surface area contributed by atoms with E-state index in [1.165, 1.54) is 48.0 Å². The van der Waals surface area contributed by atoms with Gasteiger partial charge >= 0.3 is 6.18 Å². The summed E-state index contributed by atoms with van der Waals surface area (Å²) in [7, 11) is 0. The predicted molar refractivity (Wildman–Crippen MR) is 114 cm³/mol. The first-order valence-electron chi connectivity index (χ1n) is 8.90. The summed E-state index contributed by atoms with van der Waals surface area (Å²) in [4.78, 5) is 21.5. The number of halogens is 4. The van der Waals surface area contributed by atoms with Gasteiger partial charge in [-0.15, -0.1) is 11.3 Å². The van der Waals surface area contributed by atoms with Crippen molar-refractivity contribution in [1.82, 2.24) is 9.97 Å². The van der Waals surface area contributed by atoms with Gasteiger partial charge in [-0.25, -0.2) is 14.4 Å². The molecule has 0 atom stereocenters. The summed E-state index contributed by atoms with van der Waals surface area (Å²) >= 11 is 2.48. The van der Waals surface area contributed by atoms with Crippen LogP contribution in [0.2, 0.25) is 0 Å². The number of anilines is 1. The molecule has 0 saturated carbocycles. The second-order valence-corrected chi connectivity index (χ2v) is 8.22. The first kappa shape index (κ1) is 21.3. The number of carbonyl (C=O) groups is 1. The fraction of sp³-hybridized carbons (Fsp3) is 0.0952. The SMILES string of the molecule is O=C(CSc1ncnc2scc(-c3ccc(F)cc3)c12)Nc1ccccc1C(F)(F)F. The van der Waals surface area contributed by atoms with Gasteiger partial charge in [0.15, 0.2) is 0 Å². The summed E-state index contributed by atoms with van der Waals surface area (Å²) in [6.45, 7) is 0. The van der Waals surface area contributed by atoms with Crippen molar-refractivity contribution < 1.29 is 22.4 Å². The fourth-order valence-corrected chi connectivity index (χ4v) is 4.75. The van der Waals surface area contributed by atoms with Crippen LogP contribution in [0.4, 0.5) is 23.2 Å². The molecule has 0 saturated heterocycles. The van der Waals surface area contributed by atoms with Gasteiger partial charge in [-0.1, -0.05) is 36.0 Å². The molecule has 0 radical (unpaired) electrons. The molecule has 1 N–H and O–H groups in total. The predicted octanol–water partition coefficient (Wildman–Crippen LogP) is 6.25. The van der Waals surface area contributed by atoms with E-state index in [0.29, 0.717) is 15.2 Å². The average Bonchev–Trinajstić information content (AvgIpc) is 3.17. The normalized spacial score (nSPS) is 11.6. The van der Waals surface area contributed by atoms with E-state index in [1.807, 2.05) is 5.38 Å². The van der Waals surface area contributed by atoms with Crippen LogP contribution in [0.5, 0.6) is 0 Å². The Morgan fingerprint density at radius 1 is 1.06 bits per heavy atom. The molecule has 0 bridgehead atoms. The number of hydrogen-bond donors (Lipinski definition) is 1. The molecule has 4 rings (SSSR count). The van der Waals surface area contributed by atoms with E-state index in [9.17, 15) is 22.4 Å². The zero-order valence-electron chi connectivity index (χ0n) is 15.6. The highest BCUT2D eigenvalue weighted by Gasteiger charge is 2.33. The monoisotopic (exact) mass is 463 g/mol. The molecular weight excluding hydrogens is 450 g/mol. The van der Waals surface area contributed by atoms with E-state index >= 15 is 0 Å². The number of carbonyl (C=O) groups excluding carboxylic acids is 1. The summed E-state index contributed by atoms with van der Waals surface area (Å²) in [5, 5.41) is 5.42. The van der Waals surface area contributed by atoms with Gasteiger partial charge in [-0.3, -0.25) is 4.79 Å². The Hall–Kier alpha value is -2.98. The smallest absolute Gasteiger partial charge is 0.325 e. The number of amides is 1. The largest absolute Gasteiger partial charge is 0.418 e. The van der Waals surface area contributed by atoms with E-state index in [4.69, 9.17) is 0 Å². The summed E-state index contributed by atoms with van der Waals surface area (Å²) in [5.74, 6) is -1.09. The number of rotatable bonds is 5. The Labute approximate surface area is 182 Å². The van der Waals surface area contributed by atoms with E-state index in [1.54, 1.807) is 12.1 Å². The van der Waals surface area contributed by atoms with Crippen molar-refractivity contribution >= 4 is 44.9 Å². The van der Waals surface area contributed by atoms with Crippen LogP contribution in [0, 0.1) is 5.82 Å². The molecule has 31 heavy (non-hydrogen) atoms. The van der Waals surface area contributed by atoms with Gasteiger partial charge in [-0.2, -0.15) is 13.2 Å². The minimum atomic E-state index is -4.57. The lowest BCUT2D eigenvalue weighted by molar-refractivity contribution is -0.137. The van der Waals surface area contributed by atoms with Crippen LogP contribution in [0.15, 0.2) is 65.3 Å². The molecule has 2 aromatic heterocycles. The number of thiophene rings is 1. The van der Waals surface area contributed by atoms with Gasteiger partial charge in [0.05, 0.1) is 22.4 Å². The van der Waals surface area contributed by atoms with Gasteiger partial charge in [0, 0.05) is 10.9 Å². The molecule has 0 aliphatic carbocycles. The Kier molecular flexibility index (Phi) is 5.92. The van der Waals surface area contributed by atoms with Crippen LogP contribution in [0.3, 0.4) is 0 Å². The summed E-state index contributed by atoms with van der Waals surface area (Å²) in [6, 6.07) is 10.8. The molecule has 1 amide bonds. The van der Waals surface area contributed by atoms with Crippen LogP contribution in [0.25, 0.3) is 21.3 Å². The van der Waals surface area contributed by atoms with Crippen LogP contribution in [0.1, 0.15) is 5.56 Å². The summed E-state index contributed by atoms with van der Waals surface area (Å²) in [5.41, 5.74) is 0.365. The molecule has 2 aromatic carbocycles. The maximum atomic E-state index is 13.3. The standard InChI is InChI=1S/C21H13F4N3OS2/c22-13-7-5-12(6-8-13)14-9-30-19-18(14)20(27-11-26-19)31-10-17(29)28-16-4-2-1-3-15(16)21(23,24)25/h1-9,11H,10H2,(H,28,29). The molecule has 0 aliphatic rings. The van der Waals surface area contributed by atoms with E-state index < -0.39 is 17.6 Å². The van der Waals surface area contributed by atoms with Crippen molar-refractivity contribution in [3.63, 3.8) is 0 Å². The number of nitrogens with one attached hydrogen (secondary N) is 1. The van der Waals surface area contributed by atoms with Crippen molar-refractivity contribution in [3.8, 4) is 11.1 Å². The number of nitrogens with zero attached hydrogens (tertiary/aromatic N) is 2. The first-order chi connectivity index (χ1) is 14.8. The van der Waals surface area contributed by atoms with Crippen molar-refractivity contribution in [3.05, 3.63) is 71.6 Å². The van der Waals surface area contributed by atoms with E-state index in [0.717, 1.165) is 29.0 Å². The maximum Gasteiger partial charge on any atom is 0.418 e. The van der Waals surface area contributed by atoms with E-state index in [-0.39, 0.29) is 17.3 Å². The van der Waals surface area contributed by atoms with Crippen LogP contribution >= 0.6 is 23.1 Å². The number of hydrogen-bond acceptors (Lipinski definition) is 5. The minimum Gasteiger partial charge on any atom is -0.325 e. The molecule has 4 aromatic rings. The summed E-state index contributed by atoms with van der Waals surface area (Å²) < 4.78 is 52.6. The topological polar surface area (TPSA) is 54.9 Å². The Balaban J connectivity index is 1.56. The Bertz CT molecular complexity index is 1240. The van der Waals surface area contributed by atoms with Gasteiger partial charge in [-0.05, 0) is 29.8 Å². The number of alkyl halides is 3. The highest BCUT2D eigenvalue weighted by Crippen LogP contribution is 2.38.